The fourth-order valence-corrected chi connectivity index (χ4v) is 2.02. The fraction of sp³-hybridized carbons (Fsp3) is 0.286. The van der Waals surface area contributed by atoms with Gasteiger partial charge in [-0.2, -0.15) is 0 Å². The molecule has 94 valence electrons. The van der Waals surface area contributed by atoms with Gasteiger partial charge in [-0.3, -0.25) is 0 Å². The molecule has 0 fully saturated rings. The van der Waals surface area contributed by atoms with Crippen molar-refractivity contribution >= 4 is 11.6 Å². The summed E-state index contributed by atoms with van der Waals surface area (Å²) < 4.78 is 0. The van der Waals surface area contributed by atoms with Crippen LogP contribution in [0.3, 0.4) is 0 Å². The van der Waals surface area contributed by atoms with Crippen molar-refractivity contribution in [1.29, 1.82) is 0 Å². The van der Waals surface area contributed by atoms with Gasteiger partial charge in [0.25, 0.3) is 0 Å². The number of aromatic nitrogens is 2. The molecule has 0 aliphatic heterocycles. The van der Waals surface area contributed by atoms with Crippen molar-refractivity contribution in [3.05, 3.63) is 47.5 Å². The van der Waals surface area contributed by atoms with Gasteiger partial charge in [0.2, 0.25) is 0 Å². The van der Waals surface area contributed by atoms with E-state index in [9.17, 15) is 0 Å². The van der Waals surface area contributed by atoms with Crippen molar-refractivity contribution in [3.63, 3.8) is 0 Å². The van der Waals surface area contributed by atoms with E-state index >= 15 is 0 Å². The third-order valence-electron chi connectivity index (χ3n) is 2.68. The van der Waals surface area contributed by atoms with E-state index in [1.54, 1.807) is 0 Å². The molecule has 2 aromatic rings. The van der Waals surface area contributed by atoms with Gasteiger partial charge in [-0.1, -0.05) is 24.6 Å². The second-order valence-electron chi connectivity index (χ2n) is 4.11. The lowest BCUT2D eigenvalue weighted by Gasteiger charge is -2.10. The Morgan fingerprint density at radius 2 is 2.00 bits per heavy atom. The molecule has 0 saturated heterocycles. The smallest absolute Gasteiger partial charge is 0.115 e. The molecular formula is C14H16ClN3. The Kier molecular flexibility index (Phi) is 4.67. The Labute approximate surface area is 112 Å². The predicted molar refractivity (Wildman–Crippen MR) is 74.5 cm³/mol. The second-order valence-corrected chi connectivity index (χ2v) is 4.54. The van der Waals surface area contributed by atoms with E-state index in [-0.39, 0.29) is 0 Å². The maximum absolute atomic E-state index is 6.06. The first-order valence-electron chi connectivity index (χ1n) is 6.05. The summed E-state index contributed by atoms with van der Waals surface area (Å²) in [6.45, 7) is 3.95. The van der Waals surface area contributed by atoms with Crippen molar-refractivity contribution in [2.45, 2.75) is 19.9 Å². The molecule has 18 heavy (non-hydrogen) atoms. The van der Waals surface area contributed by atoms with E-state index in [1.807, 2.05) is 30.6 Å². The molecular weight excluding hydrogens is 246 g/mol. The highest BCUT2D eigenvalue weighted by atomic mass is 35.5. The highest BCUT2D eigenvalue weighted by Crippen LogP contribution is 2.25. The quantitative estimate of drug-likeness (QED) is 0.840. The van der Waals surface area contributed by atoms with Crippen LogP contribution in [0.5, 0.6) is 0 Å². The number of nitrogens with one attached hydrogen (secondary N) is 1. The average Bonchev–Trinajstić information content (AvgIpc) is 2.40. The van der Waals surface area contributed by atoms with Crippen LogP contribution in [0.1, 0.15) is 18.9 Å². The molecule has 0 saturated carbocycles. The standard InChI is InChI=1S/C14H16ClN3/c1-2-5-16-7-11-6-13(15)3-4-14(11)12-8-17-10-18-9-12/h3-4,6,8-10,16H,2,5,7H2,1H3. The lowest BCUT2D eigenvalue weighted by Crippen LogP contribution is -2.14. The van der Waals surface area contributed by atoms with Crippen molar-refractivity contribution in [2.24, 2.45) is 0 Å². The van der Waals surface area contributed by atoms with Crippen LogP contribution in [0.25, 0.3) is 11.1 Å². The van der Waals surface area contributed by atoms with Crippen LogP contribution in [0.4, 0.5) is 0 Å². The second kappa shape index (κ2) is 6.47. The molecule has 0 spiro atoms. The van der Waals surface area contributed by atoms with E-state index in [0.29, 0.717) is 0 Å². The molecule has 1 heterocycles. The van der Waals surface area contributed by atoms with Crippen LogP contribution in [-0.4, -0.2) is 16.5 Å². The maximum atomic E-state index is 6.06. The Hall–Kier alpha value is -1.45. The van der Waals surface area contributed by atoms with Gasteiger partial charge in [0.15, 0.2) is 0 Å². The fourth-order valence-electron chi connectivity index (χ4n) is 1.83. The van der Waals surface area contributed by atoms with Gasteiger partial charge in [0.05, 0.1) is 0 Å². The number of rotatable bonds is 5. The summed E-state index contributed by atoms with van der Waals surface area (Å²) in [5.74, 6) is 0. The monoisotopic (exact) mass is 261 g/mol. The number of nitrogens with zero attached hydrogens (tertiary/aromatic N) is 2. The Morgan fingerprint density at radius 3 is 2.72 bits per heavy atom. The number of benzene rings is 1. The highest BCUT2D eigenvalue weighted by Gasteiger charge is 2.06. The van der Waals surface area contributed by atoms with Crippen molar-refractivity contribution in [1.82, 2.24) is 15.3 Å². The van der Waals surface area contributed by atoms with E-state index in [1.165, 1.54) is 11.9 Å². The first kappa shape index (κ1) is 13.0. The summed E-state index contributed by atoms with van der Waals surface area (Å²) in [6, 6.07) is 5.91. The normalized spacial score (nSPS) is 10.6. The van der Waals surface area contributed by atoms with Gasteiger partial charge in [0, 0.05) is 29.5 Å². The molecule has 0 amide bonds. The molecule has 0 aliphatic rings. The van der Waals surface area contributed by atoms with Crippen molar-refractivity contribution < 1.29 is 0 Å². The van der Waals surface area contributed by atoms with Crippen LogP contribution >= 0.6 is 11.6 Å². The third kappa shape index (κ3) is 3.28. The minimum atomic E-state index is 0.754. The molecule has 0 radical (unpaired) electrons. The molecule has 1 N–H and O–H groups in total. The largest absolute Gasteiger partial charge is 0.313 e. The van der Waals surface area contributed by atoms with Crippen LogP contribution in [-0.2, 0) is 6.54 Å². The van der Waals surface area contributed by atoms with E-state index in [4.69, 9.17) is 11.6 Å². The van der Waals surface area contributed by atoms with Crippen molar-refractivity contribution in [2.75, 3.05) is 6.54 Å². The van der Waals surface area contributed by atoms with Gasteiger partial charge in [-0.25, -0.2) is 9.97 Å². The Balaban J connectivity index is 2.29. The summed E-state index contributed by atoms with van der Waals surface area (Å²) >= 11 is 6.06. The van der Waals surface area contributed by atoms with Gasteiger partial charge in [-0.15, -0.1) is 0 Å². The summed E-state index contributed by atoms with van der Waals surface area (Å²) in [5, 5.41) is 4.14. The highest BCUT2D eigenvalue weighted by molar-refractivity contribution is 6.30. The number of hydrogen-bond donors (Lipinski definition) is 1. The molecule has 0 aliphatic carbocycles. The number of hydrogen-bond acceptors (Lipinski definition) is 3. The van der Waals surface area contributed by atoms with E-state index < -0.39 is 0 Å². The Morgan fingerprint density at radius 1 is 1.22 bits per heavy atom. The summed E-state index contributed by atoms with van der Waals surface area (Å²) in [4.78, 5) is 8.11. The van der Waals surface area contributed by atoms with Crippen molar-refractivity contribution in [3.8, 4) is 11.1 Å². The molecule has 1 aromatic carbocycles. The Bertz CT molecular complexity index is 500. The zero-order chi connectivity index (χ0) is 12.8. The molecule has 4 heteroatoms. The van der Waals surface area contributed by atoms with E-state index in [0.717, 1.165) is 35.7 Å². The van der Waals surface area contributed by atoms with Crippen LogP contribution in [0.15, 0.2) is 36.9 Å². The lowest BCUT2D eigenvalue weighted by molar-refractivity contribution is 0.676. The zero-order valence-corrected chi connectivity index (χ0v) is 11.1. The molecule has 1 aromatic heterocycles. The van der Waals surface area contributed by atoms with Crippen LogP contribution in [0, 0.1) is 0 Å². The summed E-state index contributed by atoms with van der Waals surface area (Å²) in [7, 11) is 0. The first-order chi connectivity index (χ1) is 8.81. The number of halogens is 1. The molecule has 0 unspecified atom stereocenters. The van der Waals surface area contributed by atoms with Gasteiger partial charge >= 0.3 is 0 Å². The zero-order valence-electron chi connectivity index (χ0n) is 10.4. The van der Waals surface area contributed by atoms with Gasteiger partial charge < -0.3 is 5.32 Å². The molecule has 0 bridgehead atoms. The summed E-state index contributed by atoms with van der Waals surface area (Å²) in [5.41, 5.74) is 3.32. The molecule has 3 nitrogen and oxygen atoms in total. The SMILES string of the molecule is CCCNCc1cc(Cl)ccc1-c1cncnc1. The lowest BCUT2D eigenvalue weighted by atomic mass is 10.0. The van der Waals surface area contributed by atoms with Gasteiger partial charge in [0.1, 0.15) is 6.33 Å². The minimum Gasteiger partial charge on any atom is -0.313 e. The van der Waals surface area contributed by atoms with E-state index in [2.05, 4.69) is 22.2 Å². The minimum absolute atomic E-state index is 0.754. The maximum Gasteiger partial charge on any atom is 0.115 e. The van der Waals surface area contributed by atoms with Crippen LogP contribution in [0.2, 0.25) is 5.02 Å². The molecule has 0 atom stereocenters. The van der Waals surface area contributed by atoms with Crippen LogP contribution < -0.4 is 5.32 Å². The predicted octanol–water partition coefficient (Wildman–Crippen LogP) is 3.30. The molecule has 2 rings (SSSR count). The average molecular weight is 262 g/mol. The first-order valence-corrected chi connectivity index (χ1v) is 6.43. The van der Waals surface area contributed by atoms with Gasteiger partial charge in [-0.05, 0) is 36.2 Å². The summed E-state index contributed by atoms with van der Waals surface area (Å²) in [6.07, 6.45) is 6.29. The topological polar surface area (TPSA) is 37.8 Å². The third-order valence-corrected chi connectivity index (χ3v) is 2.92.